The Morgan fingerprint density at radius 1 is 0.644 bits per heavy atom. The normalized spacial score (nSPS) is 25.5. The molecule has 0 spiro atoms. The molecular formula is C36H34Cl2O5S2. The molecule has 2 unspecified atom stereocenters. The number of rotatable bonds is 6. The smallest absolute Gasteiger partial charge is 0.182 e. The van der Waals surface area contributed by atoms with Crippen LogP contribution in [0.3, 0.4) is 0 Å². The number of benzene rings is 4. The summed E-state index contributed by atoms with van der Waals surface area (Å²) in [5.41, 5.74) is 3.00. The lowest BCUT2D eigenvalue weighted by molar-refractivity contribution is -0.128. The van der Waals surface area contributed by atoms with Crippen molar-refractivity contribution in [3.8, 4) is 0 Å². The van der Waals surface area contributed by atoms with Gasteiger partial charge in [0.1, 0.15) is 5.78 Å². The van der Waals surface area contributed by atoms with Gasteiger partial charge in [-0.25, -0.2) is 16.8 Å². The van der Waals surface area contributed by atoms with Gasteiger partial charge < -0.3 is 0 Å². The van der Waals surface area contributed by atoms with Crippen LogP contribution in [-0.4, -0.2) is 33.1 Å². The number of carbonyl (C=O) groups excluding carboxylic acids is 1. The minimum atomic E-state index is -3.97. The van der Waals surface area contributed by atoms with Gasteiger partial charge >= 0.3 is 0 Å². The molecule has 6 atom stereocenters. The van der Waals surface area contributed by atoms with Gasteiger partial charge in [0.25, 0.3) is 0 Å². The van der Waals surface area contributed by atoms with Gasteiger partial charge in [-0.15, -0.1) is 0 Å². The van der Waals surface area contributed by atoms with Crippen molar-refractivity contribution < 1.29 is 21.6 Å². The molecule has 0 radical (unpaired) electrons. The maximum atomic E-state index is 14.7. The quantitative estimate of drug-likeness (QED) is 0.205. The van der Waals surface area contributed by atoms with Crippen LogP contribution in [0.2, 0.25) is 10.0 Å². The van der Waals surface area contributed by atoms with Crippen LogP contribution in [0.1, 0.15) is 53.4 Å². The van der Waals surface area contributed by atoms with E-state index in [0.29, 0.717) is 21.2 Å². The van der Waals surface area contributed by atoms with Gasteiger partial charge in [-0.05, 0) is 91.8 Å². The molecule has 0 bridgehead atoms. The molecule has 0 aliphatic heterocycles. The molecule has 0 aromatic heterocycles. The molecule has 2 fully saturated rings. The second-order valence-electron chi connectivity index (χ2n) is 12.4. The summed E-state index contributed by atoms with van der Waals surface area (Å²) >= 11 is 12.6. The average Bonchev–Trinajstić information content (AvgIpc) is 3.01. The second-order valence-corrected chi connectivity index (χ2v) is 17.5. The Labute approximate surface area is 275 Å². The predicted octanol–water partition coefficient (Wildman–Crippen LogP) is 8.16. The van der Waals surface area contributed by atoms with E-state index >= 15 is 0 Å². The van der Waals surface area contributed by atoms with Crippen molar-refractivity contribution in [2.75, 3.05) is 0 Å². The van der Waals surface area contributed by atoms with Crippen LogP contribution >= 0.6 is 23.2 Å². The van der Waals surface area contributed by atoms with Gasteiger partial charge in [-0.3, -0.25) is 4.79 Å². The van der Waals surface area contributed by atoms with Gasteiger partial charge in [0, 0.05) is 34.2 Å². The van der Waals surface area contributed by atoms with Gasteiger partial charge in [0.15, 0.2) is 19.7 Å². The van der Waals surface area contributed by atoms with E-state index in [4.69, 9.17) is 23.2 Å². The monoisotopic (exact) mass is 680 g/mol. The summed E-state index contributed by atoms with van der Waals surface area (Å²) in [6.45, 7) is 3.66. The summed E-state index contributed by atoms with van der Waals surface area (Å²) in [5.74, 6) is -2.67. The second kappa shape index (κ2) is 12.3. The minimum absolute atomic E-state index is 0.0139. The Morgan fingerprint density at radius 2 is 1.33 bits per heavy atom. The molecule has 6 rings (SSSR count). The fourth-order valence-corrected chi connectivity index (χ4v) is 12.4. The highest BCUT2D eigenvalue weighted by Crippen LogP contribution is 2.54. The summed E-state index contributed by atoms with van der Waals surface area (Å²) in [6, 6.07) is 27.8. The average molecular weight is 682 g/mol. The number of sulfone groups is 2. The van der Waals surface area contributed by atoms with Crippen LogP contribution in [-0.2, 0) is 24.5 Å². The van der Waals surface area contributed by atoms with Crippen molar-refractivity contribution in [2.45, 2.75) is 65.2 Å². The summed E-state index contributed by atoms with van der Waals surface area (Å²) < 4.78 is 58.2. The van der Waals surface area contributed by atoms with E-state index in [9.17, 15) is 21.6 Å². The lowest BCUT2D eigenvalue weighted by atomic mass is 9.62. The molecule has 2 saturated carbocycles. The van der Waals surface area contributed by atoms with Crippen molar-refractivity contribution in [1.82, 2.24) is 0 Å². The van der Waals surface area contributed by atoms with Crippen LogP contribution in [0.15, 0.2) is 107 Å². The number of ketones is 1. The fraction of sp³-hybridized carbons (Fsp3) is 0.306. The highest BCUT2D eigenvalue weighted by molar-refractivity contribution is 7.92. The summed E-state index contributed by atoms with van der Waals surface area (Å²) in [6.07, 6.45) is 0.232. The van der Waals surface area contributed by atoms with E-state index in [1.807, 2.05) is 25.1 Å². The first-order valence-electron chi connectivity index (χ1n) is 15.0. The van der Waals surface area contributed by atoms with E-state index in [0.717, 1.165) is 11.1 Å². The van der Waals surface area contributed by atoms with Crippen LogP contribution in [0, 0.1) is 25.7 Å². The molecule has 0 saturated heterocycles. The molecule has 0 amide bonds. The number of hydrogen-bond donors (Lipinski definition) is 0. The molecule has 2 aliphatic rings. The Morgan fingerprint density at radius 3 is 2.00 bits per heavy atom. The molecule has 0 heterocycles. The standard InChI is InChI=1S/C36H34Cl2O5S2/c1-22-10-16-28(17-11-22)44(40,41)36-30(25-7-5-8-27(38)18-25)20-33(39)31-21-35(45(42,43)34-9-4-3-6-23(34)2)29(19-32(31)36)24-12-14-26(37)15-13-24/h3-18,29-32,35-36H,19-21H2,1-2H3/t29-,30-,31+,32-,35?,36?/m0/s1. The Balaban J connectivity index is 1.52. The Hall–Kier alpha value is -2.97. The molecular weight excluding hydrogens is 647 g/mol. The van der Waals surface area contributed by atoms with Gasteiger partial charge in [-0.2, -0.15) is 0 Å². The third-order valence-corrected chi connectivity index (χ3v) is 14.9. The zero-order valence-electron chi connectivity index (χ0n) is 24.9. The van der Waals surface area contributed by atoms with Crippen LogP contribution in [0.4, 0.5) is 0 Å². The molecule has 4 aromatic rings. The highest BCUT2D eigenvalue weighted by atomic mass is 35.5. The zero-order valence-corrected chi connectivity index (χ0v) is 28.1. The lowest BCUT2D eigenvalue weighted by Gasteiger charge is -2.48. The van der Waals surface area contributed by atoms with E-state index in [1.165, 1.54) is 0 Å². The summed E-state index contributed by atoms with van der Waals surface area (Å²) in [5, 5.41) is -0.909. The van der Waals surface area contributed by atoms with Crippen molar-refractivity contribution in [1.29, 1.82) is 0 Å². The molecule has 45 heavy (non-hydrogen) atoms. The number of Topliss-reactive ketones (excluding diaryl/α,β-unsaturated/α-hetero) is 1. The van der Waals surface area contributed by atoms with E-state index < -0.39 is 53.8 Å². The maximum Gasteiger partial charge on any atom is 0.182 e. The first-order valence-corrected chi connectivity index (χ1v) is 18.9. The van der Waals surface area contributed by atoms with Crippen molar-refractivity contribution in [3.63, 3.8) is 0 Å². The zero-order chi connectivity index (χ0) is 32.1. The third kappa shape index (κ3) is 6.00. The molecule has 4 aromatic carbocycles. The number of aryl methyl sites for hydroxylation is 2. The largest absolute Gasteiger partial charge is 0.299 e. The van der Waals surface area contributed by atoms with Crippen molar-refractivity contribution in [2.24, 2.45) is 11.8 Å². The lowest BCUT2D eigenvalue weighted by Crippen LogP contribution is -2.53. The van der Waals surface area contributed by atoms with Gasteiger partial charge in [-0.1, -0.05) is 83.4 Å². The Kier molecular flexibility index (Phi) is 8.76. The maximum absolute atomic E-state index is 14.7. The summed E-state index contributed by atoms with van der Waals surface area (Å²) in [7, 11) is -7.88. The molecule has 2 aliphatic carbocycles. The molecule has 9 heteroatoms. The Bertz CT molecular complexity index is 1960. The third-order valence-electron chi connectivity index (χ3n) is 9.71. The molecule has 234 valence electrons. The SMILES string of the molecule is Cc1ccc(S(=O)(=O)C2[C@H]3C[C@@H](c4ccc(Cl)cc4)C(S(=O)(=O)c4ccccc4C)C[C@H]3C(=O)C[C@H]2c2cccc(Cl)c2)cc1. The van der Waals surface area contributed by atoms with Crippen LogP contribution < -0.4 is 0 Å². The fourth-order valence-electron chi connectivity index (χ4n) is 7.53. The van der Waals surface area contributed by atoms with Crippen LogP contribution in [0.5, 0.6) is 0 Å². The van der Waals surface area contributed by atoms with Crippen LogP contribution in [0.25, 0.3) is 0 Å². The minimum Gasteiger partial charge on any atom is -0.299 e. The van der Waals surface area contributed by atoms with E-state index in [-0.39, 0.29) is 34.8 Å². The number of hydrogen-bond acceptors (Lipinski definition) is 5. The van der Waals surface area contributed by atoms with E-state index in [1.54, 1.807) is 85.8 Å². The highest BCUT2D eigenvalue weighted by Gasteiger charge is 2.56. The van der Waals surface area contributed by atoms with Gasteiger partial charge in [0.05, 0.1) is 20.3 Å². The summed E-state index contributed by atoms with van der Waals surface area (Å²) in [4.78, 5) is 14.5. The first-order chi connectivity index (χ1) is 21.4. The van der Waals surface area contributed by atoms with Crippen molar-refractivity contribution >= 4 is 48.7 Å². The number of carbonyl (C=O) groups is 1. The van der Waals surface area contributed by atoms with Gasteiger partial charge in [0.2, 0.25) is 0 Å². The number of halogens is 2. The molecule has 5 nitrogen and oxygen atoms in total. The topological polar surface area (TPSA) is 85.3 Å². The van der Waals surface area contributed by atoms with Crippen molar-refractivity contribution in [3.05, 3.63) is 129 Å². The number of fused-ring (bicyclic) bond motifs is 1. The van der Waals surface area contributed by atoms with E-state index in [2.05, 4.69) is 0 Å². The first kappa shape index (κ1) is 32.0. The molecule has 0 N–H and O–H groups in total. The predicted molar refractivity (Wildman–Crippen MR) is 179 cm³/mol.